The molecule has 17 heavy (non-hydrogen) atoms. The second kappa shape index (κ2) is 5.09. The maximum absolute atomic E-state index is 2.72. The summed E-state index contributed by atoms with van der Waals surface area (Å²) in [7, 11) is 0. The number of rotatable bonds is 2. The lowest BCUT2D eigenvalue weighted by molar-refractivity contribution is 0.0116. The molecule has 2 aliphatic rings. The summed E-state index contributed by atoms with van der Waals surface area (Å²) in [6.07, 6.45) is 4.25. The van der Waals surface area contributed by atoms with Gasteiger partial charge in [0.2, 0.25) is 0 Å². The molecule has 0 amide bonds. The quantitative estimate of drug-likeness (QED) is 0.796. The molecule has 94 valence electrons. The van der Waals surface area contributed by atoms with Crippen molar-refractivity contribution in [2.24, 2.45) is 0 Å². The van der Waals surface area contributed by atoms with E-state index in [0.29, 0.717) is 6.04 Å². The van der Waals surface area contributed by atoms with Gasteiger partial charge in [0.15, 0.2) is 0 Å². The molecule has 0 aromatic carbocycles. The van der Waals surface area contributed by atoms with Crippen LogP contribution in [-0.4, -0.2) is 41.5 Å². The van der Waals surface area contributed by atoms with Crippen molar-refractivity contribution in [2.45, 2.75) is 44.8 Å². The third kappa shape index (κ3) is 2.56. The lowest BCUT2D eigenvalue weighted by Crippen LogP contribution is -2.58. The molecule has 2 aliphatic heterocycles. The van der Waals surface area contributed by atoms with Crippen LogP contribution in [0.5, 0.6) is 0 Å². The first-order valence-corrected chi connectivity index (χ1v) is 7.71. The number of piperidine rings is 1. The fourth-order valence-corrected chi connectivity index (χ4v) is 3.97. The van der Waals surface area contributed by atoms with E-state index >= 15 is 0 Å². The van der Waals surface area contributed by atoms with Crippen LogP contribution in [0, 0.1) is 0 Å². The summed E-state index contributed by atoms with van der Waals surface area (Å²) in [4.78, 5) is 6.92. The third-order valence-corrected chi connectivity index (χ3v) is 5.12. The zero-order valence-electron chi connectivity index (χ0n) is 10.6. The summed E-state index contributed by atoms with van der Waals surface area (Å²) in [5.74, 6) is 0. The Bertz CT molecular complexity index is 349. The van der Waals surface area contributed by atoms with Crippen molar-refractivity contribution < 1.29 is 0 Å². The topological polar surface area (TPSA) is 6.48 Å². The Hall–Kier alpha value is -0.380. The van der Waals surface area contributed by atoms with Crippen LogP contribution < -0.4 is 0 Å². The predicted octanol–water partition coefficient (Wildman–Crippen LogP) is 2.81. The molecule has 0 radical (unpaired) electrons. The van der Waals surface area contributed by atoms with E-state index in [2.05, 4.69) is 34.2 Å². The molecular formula is C14H22N2S. The molecule has 2 saturated heterocycles. The fourth-order valence-electron chi connectivity index (χ4n) is 3.24. The van der Waals surface area contributed by atoms with E-state index in [1.165, 1.54) is 43.8 Å². The molecule has 2 atom stereocenters. The van der Waals surface area contributed by atoms with E-state index in [1.54, 1.807) is 0 Å². The second-order valence-corrected chi connectivity index (χ2v) is 6.53. The van der Waals surface area contributed by atoms with Crippen molar-refractivity contribution >= 4 is 11.3 Å². The lowest BCUT2D eigenvalue weighted by atomic mass is 9.97. The van der Waals surface area contributed by atoms with Crippen LogP contribution in [0.15, 0.2) is 17.5 Å². The van der Waals surface area contributed by atoms with Crippen LogP contribution in [0.3, 0.4) is 0 Å². The molecule has 2 unspecified atom stereocenters. The zero-order valence-corrected chi connectivity index (χ0v) is 11.5. The SMILES string of the molecule is CC1CN2CCCCC2CN1Cc1cccs1. The van der Waals surface area contributed by atoms with E-state index in [0.717, 1.165) is 12.6 Å². The number of hydrogen-bond acceptors (Lipinski definition) is 3. The largest absolute Gasteiger partial charge is 0.298 e. The highest BCUT2D eigenvalue weighted by molar-refractivity contribution is 7.09. The minimum Gasteiger partial charge on any atom is -0.298 e. The molecule has 1 aromatic rings. The molecule has 0 saturated carbocycles. The van der Waals surface area contributed by atoms with Gasteiger partial charge in [0.25, 0.3) is 0 Å². The van der Waals surface area contributed by atoms with Crippen LogP contribution in [0.25, 0.3) is 0 Å². The van der Waals surface area contributed by atoms with Gasteiger partial charge in [-0.3, -0.25) is 9.80 Å². The predicted molar refractivity (Wildman–Crippen MR) is 73.4 cm³/mol. The van der Waals surface area contributed by atoms with Crippen molar-refractivity contribution in [3.8, 4) is 0 Å². The average molecular weight is 250 g/mol. The van der Waals surface area contributed by atoms with Crippen LogP contribution in [0.1, 0.15) is 31.1 Å². The molecule has 3 rings (SSSR count). The maximum Gasteiger partial charge on any atom is 0.0331 e. The number of hydrogen-bond donors (Lipinski definition) is 0. The Balaban J connectivity index is 1.65. The van der Waals surface area contributed by atoms with Gasteiger partial charge in [-0.05, 0) is 37.8 Å². The molecule has 0 spiro atoms. The highest BCUT2D eigenvalue weighted by atomic mass is 32.1. The van der Waals surface area contributed by atoms with Gasteiger partial charge < -0.3 is 0 Å². The van der Waals surface area contributed by atoms with Crippen LogP contribution in [-0.2, 0) is 6.54 Å². The van der Waals surface area contributed by atoms with Crippen molar-refractivity contribution in [3.05, 3.63) is 22.4 Å². The number of piperazine rings is 1. The second-order valence-electron chi connectivity index (χ2n) is 5.50. The third-order valence-electron chi connectivity index (χ3n) is 4.26. The molecule has 3 heteroatoms. The highest BCUT2D eigenvalue weighted by Gasteiger charge is 2.32. The summed E-state index contributed by atoms with van der Waals surface area (Å²) in [5.41, 5.74) is 0. The molecule has 1 aromatic heterocycles. The van der Waals surface area contributed by atoms with Gasteiger partial charge in [0.05, 0.1) is 0 Å². The molecule has 0 aliphatic carbocycles. The van der Waals surface area contributed by atoms with Gasteiger partial charge in [-0.15, -0.1) is 11.3 Å². The van der Waals surface area contributed by atoms with Gasteiger partial charge in [-0.1, -0.05) is 12.5 Å². The average Bonchev–Trinajstić information content (AvgIpc) is 2.83. The summed E-state index contributed by atoms with van der Waals surface area (Å²) in [6.45, 7) is 7.43. The van der Waals surface area contributed by atoms with E-state index < -0.39 is 0 Å². The number of thiophene rings is 1. The highest BCUT2D eigenvalue weighted by Crippen LogP contribution is 2.25. The summed E-state index contributed by atoms with van der Waals surface area (Å²) >= 11 is 1.89. The maximum atomic E-state index is 2.72. The van der Waals surface area contributed by atoms with E-state index in [1.807, 2.05) is 11.3 Å². The molecular weight excluding hydrogens is 228 g/mol. The van der Waals surface area contributed by atoms with Gasteiger partial charge >= 0.3 is 0 Å². The lowest BCUT2D eigenvalue weighted by Gasteiger charge is -2.47. The fraction of sp³-hybridized carbons (Fsp3) is 0.714. The zero-order chi connectivity index (χ0) is 11.7. The van der Waals surface area contributed by atoms with Gasteiger partial charge in [-0.25, -0.2) is 0 Å². The van der Waals surface area contributed by atoms with Crippen molar-refractivity contribution in [1.82, 2.24) is 9.80 Å². The molecule has 0 bridgehead atoms. The van der Waals surface area contributed by atoms with Gasteiger partial charge in [0, 0.05) is 36.6 Å². The van der Waals surface area contributed by atoms with E-state index in [4.69, 9.17) is 0 Å². The van der Waals surface area contributed by atoms with Crippen LogP contribution in [0.4, 0.5) is 0 Å². The first kappa shape index (κ1) is 11.7. The Morgan fingerprint density at radius 2 is 2.29 bits per heavy atom. The van der Waals surface area contributed by atoms with Crippen LogP contribution in [0.2, 0.25) is 0 Å². The summed E-state index contributed by atoms with van der Waals surface area (Å²) < 4.78 is 0. The van der Waals surface area contributed by atoms with Crippen molar-refractivity contribution in [2.75, 3.05) is 19.6 Å². The normalized spacial score (nSPS) is 31.4. The van der Waals surface area contributed by atoms with Gasteiger partial charge in [-0.2, -0.15) is 0 Å². The monoisotopic (exact) mass is 250 g/mol. The minimum atomic E-state index is 0.714. The Kier molecular flexibility index (Phi) is 3.50. The van der Waals surface area contributed by atoms with Crippen molar-refractivity contribution in [1.29, 1.82) is 0 Å². The van der Waals surface area contributed by atoms with E-state index in [-0.39, 0.29) is 0 Å². The summed E-state index contributed by atoms with van der Waals surface area (Å²) in [5, 5.41) is 2.19. The standard InChI is InChI=1S/C14H22N2S/c1-12-9-15-7-3-2-5-13(15)10-16(12)11-14-6-4-8-17-14/h4,6,8,12-13H,2-3,5,7,9-11H2,1H3. The summed E-state index contributed by atoms with van der Waals surface area (Å²) in [6, 6.07) is 5.98. The van der Waals surface area contributed by atoms with Crippen LogP contribution >= 0.6 is 11.3 Å². The molecule has 2 nitrogen and oxygen atoms in total. The van der Waals surface area contributed by atoms with E-state index in [9.17, 15) is 0 Å². The molecule has 2 fully saturated rings. The Morgan fingerprint density at radius 3 is 3.12 bits per heavy atom. The first-order chi connectivity index (χ1) is 8.33. The Labute approximate surface area is 108 Å². The van der Waals surface area contributed by atoms with Crippen molar-refractivity contribution in [3.63, 3.8) is 0 Å². The molecule has 0 N–H and O–H groups in total. The minimum absolute atomic E-state index is 0.714. The number of fused-ring (bicyclic) bond motifs is 1. The smallest absolute Gasteiger partial charge is 0.0331 e. The number of nitrogens with zero attached hydrogens (tertiary/aromatic N) is 2. The Morgan fingerprint density at radius 1 is 1.35 bits per heavy atom. The molecule has 3 heterocycles. The van der Waals surface area contributed by atoms with Gasteiger partial charge in [0.1, 0.15) is 0 Å². The first-order valence-electron chi connectivity index (χ1n) is 6.83.